The van der Waals surface area contributed by atoms with Crippen molar-refractivity contribution >= 4 is 5.91 Å². The van der Waals surface area contributed by atoms with E-state index in [0.29, 0.717) is 6.54 Å². The minimum atomic E-state index is -0.0549. The summed E-state index contributed by atoms with van der Waals surface area (Å²) in [4.78, 5) is 14.1. The van der Waals surface area contributed by atoms with Gasteiger partial charge in [-0.05, 0) is 25.7 Å². The number of hydrogen-bond acceptors (Lipinski definition) is 3. The van der Waals surface area contributed by atoms with Crippen molar-refractivity contribution in [2.24, 2.45) is 5.41 Å². The Morgan fingerprint density at radius 3 is 2.53 bits per heavy atom. The fourth-order valence-corrected chi connectivity index (χ4v) is 2.99. The molecular weight excluding hydrogens is 240 g/mol. The number of hydrogen-bond donors (Lipinski definition) is 2. The molecule has 0 saturated heterocycles. The molecule has 0 bridgehead atoms. The number of carbonyl (C=O) groups excluding carboxylic acids is 1. The zero-order valence-electron chi connectivity index (χ0n) is 12.7. The highest BCUT2D eigenvalue weighted by molar-refractivity contribution is 5.78. The molecule has 4 nitrogen and oxygen atoms in total. The number of rotatable bonds is 8. The van der Waals surface area contributed by atoms with Crippen LogP contribution in [-0.2, 0) is 4.79 Å². The van der Waals surface area contributed by atoms with Crippen molar-refractivity contribution in [2.45, 2.75) is 58.9 Å². The summed E-state index contributed by atoms with van der Waals surface area (Å²) in [6.07, 6.45) is 5.25. The highest BCUT2D eigenvalue weighted by Crippen LogP contribution is 2.37. The van der Waals surface area contributed by atoms with Crippen molar-refractivity contribution in [1.82, 2.24) is 10.2 Å². The molecule has 112 valence electrons. The van der Waals surface area contributed by atoms with Gasteiger partial charge >= 0.3 is 0 Å². The molecular formula is C15H30N2O2. The van der Waals surface area contributed by atoms with E-state index in [-0.39, 0.29) is 24.0 Å². The van der Waals surface area contributed by atoms with Gasteiger partial charge in [0.25, 0.3) is 0 Å². The summed E-state index contributed by atoms with van der Waals surface area (Å²) >= 11 is 0. The first-order valence-corrected chi connectivity index (χ1v) is 7.69. The van der Waals surface area contributed by atoms with Crippen LogP contribution in [0.15, 0.2) is 0 Å². The Balaban J connectivity index is 2.44. The van der Waals surface area contributed by atoms with Crippen LogP contribution in [0.1, 0.15) is 52.9 Å². The van der Waals surface area contributed by atoms with E-state index in [1.165, 1.54) is 0 Å². The molecule has 0 aromatic carbocycles. The van der Waals surface area contributed by atoms with Crippen LogP contribution in [0, 0.1) is 5.41 Å². The molecule has 0 radical (unpaired) electrons. The summed E-state index contributed by atoms with van der Waals surface area (Å²) in [5.74, 6) is 0.191. The Morgan fingerprint density at radius 2 is 2.00 bits per heavy atom. The van der Waals surface area contributed by atoms with Crippen LogP contribution in [0.5, 0.6) is 0 Å². The molecule has 4 heteroatoms. The monoisotopic (exact) mass is 270 g/mol. The Kier molecular flexibility index (Phi) is 6.80. The van der Waals surface area contributed by atoms with Crippen molar-refractivity contribution in [3.63, 3.8) is 0 Å². The topological polar surface area (TPSA) is 52.6 Å². The van der Waals surface area contributed by atoms with Gasteiger partial charge in [-0.15, -0.1) is 0 Å². The largest absolute Gasteiger partial charge is 0.396 e. The van der Waals surface area contributed by atoms with E-state index in [0.717, 1.165) is 45.2 Å². The summed E-state index contributed by atoms with van der Waals surface area (Å²) in [5.41, 5.74) is -0.0549. The molecule has 0 aliphatic heterocycles. The SMILES string of the molecule is CCCN(CCC)C(=O)CN[C@H]1CCC[C@]1(C)CO. The standard InChI is InChI=1S/C15H30N2O2/c1-4-9-17(10-5-2)14(19)11-16-13-7-6-8-15(13,3)12-18/h13,16,18H,4-12H2,1-3H3/t13-,15+/m0/s1. The van der Waals surface area contributed by atoms with Gasteiger partial charge in [0.15, 0.2) is 0 Å². The van der Waals surface area contributed by atoms with Gasteiger partial charge in [0.1, 0.15) is 0 Å². The van der Waals surface area contributed by atoms with Crippen molar-refractivity contribution in [1.29, 1.82) is 0 Å². The first-order valence-electron chi connectivity index (χ1n) is 7.69. The van der Waals surface area contributed by atoms with Gasteiger partial charge in [-0.2, -0.15) is 0 Å². The highest BCUT2D eigenvalue weighted by atomic mass is 16.3. The van der Waals surface area contributed by atoms with Crippen molar-refractivity contribution in [2.75, 3.05) is 26.2 Å². The lowest BCUT2D eigenvalue weighted by molar-refractivity contribution is -0.130. The number of aliphatic hydroxyl groups is 1. The first kappa shape index (κ1) is 16.4. The Bertz CT molecular complexity index is 277. The van der Waals surface area contributed by atoms with Crippen LogP contribution in [0.25, 0.3) is 0 Å². The van der Waals surface area contributed by atoms with Gasteiger partial charge in [0, 0.05) is 31.2 Å². The number of carbonyl (C=O) groups is 1. The molecule has 0 aromatic heterocycles. The summed E-state index contributed by atoms with van der Waals surface area (Å²) in [6.45, 7) is 8.60. The molecule has 0 aromatic rings. The first-order chi connectivity index (χ1) is 9.07. The van der Waals surface area contributed by atoms with Gasteiger partial charge in [0.2, 0.25) is 5.91 Å². The number of aliphatic hydroxyl groups excluding tert-OH is 1. The molecule has 0 unspecified atom stereocenters. The molecule has 1 aliphatic rings. The average molecular weight is 270 g/mol. The minimum Gasteiger partial charge on any atom is -0.396 e. The van der Waals surface area contributed by atoms with Gasteiger partial charge in [-0.3, -0.25) is 4.79 Å². The lowest BCUT2D eigenvalue weighted by Gasteiger charge is -2.31. The van der Waals surface area contributed by atoms with Crippen molar-refractivity contribution in [3.05, 3.63) is 0 Å². The third-order valence-corrected chi connectivity index (χ3v) is 4.28. The van der Waals surface area contributed by atoms with Gasteiger partial charge < -0.3 is 15.3 Å². The molecule has 1 aliphatic carbocycles. The molecule has 1 amide bonds. The Hall–Kier alpha value is -0.610. The molecule has 0 heterocycles. The van der Waals surface area contributed by atoms with Crippen LogP contribution in [0.4, 0.5) is 0 Å². The van der Waals surface area contributed by atoms with Crippen LogP contribution in [0.2, 0.25) is 0 Å². The summed E-state index contributed by atoms with van der Waals surface area (Å²) < 4.78 is 0. The molecule has 1 saturated carbocycles. The Labute approximate surface area is 117 Å². The fraction of sp³-hybridized carbons (Fsp3) is 0.933. The van der Waals surface area contributed by atoms with E-state index in [1.807, 2.05) is 4.90 Å². The smallest absolute Gasteiger partial charge is 0.236 e. The molecule has 0 spiro atoms. The second-order valence-electron chi connectivity index (χ2n) is 6.02. The predicted molar refractivity (Wildman–Crippen MR) is 78.0 cm³/mol. The second kappa shape index (κ2) is 7.85. The van der Waals surface area contributed by atoms with Crippen molar-refractivity contribution in [3.8, 4) is 0 Å². The summed E-state index contributed by atoms with van der Waals surface area (Å²) in [5, 5.41) is 12.9. The van der Waals surface area contributed by atoms with Crippen LogP contribution in [-0.4, -0.2) is 48.2 Å². The van der Waals surface area contributed by atoms with E-state index in [9.17, 15) is 9.90 Å². The second-order valence-corrected chi connectivity index (χ2v) is 6.02. The van der Waals surface area contributed by atoms with Crippen LogP contribution < -0.4 is 5.32 Å². The number of nitrogens with one attached hydrogen (secondary N) is 1. The minimum absolute atomic E-state index is 0.0549. The molecule has 2 atom stereocenters. The van der Waals surface area contributed by atoms with Gasteiger partial charge in [-0.1, -0.05) is 27.2 Å². The maximum absolute atomic E-state index is 12.2. The van der Waals surface area contributed by atoms with E-state index in [1.54, 1.807) is 0 Å². The number of nitrogens with zero attached hydrogens (tertiary/aromatic N) is 1. The third-order valence-electron chi connectivity index (χ3n) is 4.28. The van der Waals surface area contributed by atoms with E-state index < -0.39 is 0 Å². The zero-order valence-corrected chi connectivity index (χ0v) is 12.7. The van der Waals surface area contributed by atoms with Crippen LogP contribution >= 0.6 is 0 Å². The van der Waals surface area contributed by atoms with Crippen molar-refractivity contribution < 1.29 is 9.90 Å². The highest BCUT2D eigenvalue weighted by Gasteiger charge is 2.38. The fourth-order valence-electron chi connectivity index (χ4n) is 2.99. The molecule has 1 fully saturated rings. The van der Waals surface area contributed by atoms with E-state index >= 15 is 0 Å². The lowest BCUT2D eigenvalue weighted by Crippen LogP contribution is -2.47. The average Bonchev–Trinajstić information content (AvgIpc) is 2.78. The maximum atomic E-state index is 12.2. The van der Waals surface area contributed by atoms with Crippen LogP contribution in [0.3, 0.4) is 0 Å². The normalized spacial score (nSPS) is 26.6. The number of amides is 1. The summed E-state index contributed by atoms with van der Waals surface area (Å²) in [6, 6.07) is 0.270. The van der Waals surface area contributed by atoms with Gasteiger partial charge in [-0.25, -0.2) is 0 Å². The third kappa shape index (κ3) is 4.46. The molecule has 1 rings (SSSR count). The van der Waals surface area contributed by atoms with Gasteiger partial charge in [0.05, 0.1) is 6.54 Å². The van der Waals surface area contributed by atoms with E-state index in [2.05, 4.69) is 26.1 Å². The zero-order chi connectivity index (χ0) is 14.3. The predicted octanol–water partition coefficient (Wildman–Crippen LogP) is 1.78. The lowest BCUT2D eigenvalue weighted by atomic mass is 9.86. The maximum Gasteiger partial charge on any atom is 0.236 e. The Morgan fingerprint density at radius 1 is 1.37 bits per heavy atom. The van der Waals surface area contributed by atoms with E-state index in [4.69, 9.17) is 0 Å². The summed E-state index contributed by atoms with van der Waals surface area (Å²) in [7, 11) is 0. The quantitative estimate of drug-likeness (QED) is 0.707. The molecule has 19 heavy (non-hydrogen) atoms. The molecule has 2 N–H and O–H groups in total.